The summed E-state index contributed by atoms with van der Waals surface area (Å²) in [6.45, 7) is 0.411. The third-order valence-electron chi connectivity index (χ3n) is 3.75. The van der Waals surface area contributed by atoms with Crippen molar-refractivity contribution in [2.45, 2.75) is 24.9 Å². The Morgan fingerprint density at radius 3 is 2.57 bits per heavy atom. The van der Waals surface area contributed by atoms with E-state index in [1.807, 2.05) is 0 Å². The summed E-state index contributed by atoms with van der Waals surface area (Å²) in [6.07, 6.45) is 2.91. The van der Waals surface area contributed by atoms with Crippen LogP contribution in [0.15, 0.2) is 18.2 Å². The van der Waals surface area contributed by atoms with Gasteiger partial charge in [0.15, 0.2) is 0 Å². The second-order valence-corrected chi connectivity index (χ2v) is 5.09. The van der Waals surface area contributed by atoms with Crippen LogP contribution in [0.3, 0.4) is 0 Å². The number of aromatic hydroxyl groups is 1. The molecular weight excluding hydrogens is 276 g/mol. The largest absolute Gasteiger partial charge is 0.507 e. The molecule has 0 saturated heterocycles. The first kappa shape index (κ1) is 15.1. The van der Waals surface area contributed by atoms with E-state index in [1.165, 1.54) is 18.2 Å². The van der Waals surface area contributed by atoms with E-state index in [2.05, 4.69) is 10.6 Å². The second-order valence-electron chi connectivity index (χ2n) is 5.09. The zero-order valence-electron chi connectivity index (χ0n) is 11.7. The van der Waals surface area contributed by atoms with Crippen molar-refractivity contribution in [3.63, 3.8) is 0 Å². The smallest absolute Gasteiger partial charge is 0.339 e. The van der Waals surface area contributed by atoms with Gasteiger partial charge in [0.1, 0.15) is 11.3 Å². The van der Waals surface area contributed by atoms with Crippen LogP contribution in [-0.2, 0) is 4.74 Å². The summed E-state index contributed by atoms with van der Waals surface area (Å²) >= 11 is 0. The van der Waals surface area contributed by atoms with Crippen LogP contribution in [-0.4, -0.2) is 41.5 Å². The molecule has 0 unspecified atom stereocenters. The fourth-order valence-electron chi connectivity index (χ4n) is 2.23. The average molecular weight is 294 g/mol. The van der Waals surface area contributed by atoms with Crippen molar-refractivity contribution in [3.05, 3.63) is 23.8 Å². The summed E-state index contributed by atoms with van der Waals surface area (Å²) in [7, 11) is 1.63. The molecule has 7 nitrogen and oxygen atoms in total. The highest BCUT2D eigenvalue weighted by atomic mass is 16.5. The molecule has 2 amide bonds. The highest BCUT2D eigenvalue weighted by Gasteiger charge is 2.37. The Morgan fingerprint density at radius 2 is 2.10 bits per heavy atom. The van der Waals surface area contributed by atoms with Gasteiger partial charge in [-0.1, -0.05) is 0 Å². The number of hydrogen-bond acceptors (Lipinski definition) is 4. The highest BCUT2D eigenvalue weighted by Crippen LogP contribution is 2.34. The lowest BCUT2D eigenvalue weighted by atomic mass is 9.80. The number of benzene rings is 1. The molecule has 4 N–H and O–H groups in total. The van der Waals surface area contributed by atoms with Crippen molar-refractivity contribution in [1.29, 1.82) is 0 Å². The van der Waals surface area contributed by atoms with Crippen molar-refractivity contribution in [2.75, 3.05) is 19.0 Å². The zero-order valence-corrected chi connectivity index (χ0v) is 11.7. The number of ether oxygens (including phenoxy) is 1. The van der Waals surface area contributed by atoms with E-state index < -0.39 is 17.7 Å². The van der Waals surface area contributed by atoms with Gasteiger partial charge in [0, 0.05) is 25.4 Å². The fourth-order valence-corrected chi connectivity index (χ4v) is 2.23. The Kier molecular flexibility index (Phi) is 4.32. The molecule has 21 heavy (non-hydrogen) atoms. The number of amides is 2. The molecule has 1 aromatic rings. The lowest BCUT2D eigenvalue weighted by Crippen LogP contribution is -2.50. The Morgan fingerprint density at radius 1 is 1.38 bits per heavy atom. The predicted octanol–water partition coefficient (Wildman–Crippen LogP) is 1.78. The number of phenols is 1. The van der Waals surface area contributed by atoms with Crippen LogP contribution in [0.4, 0.5) is 10.5 Å². The summed E-state index contributed by atoms with van der Waals surface area (Å²) in [5, 5.41) is 23.6. The standard InChI is InChI=1S/C14H18N2O5/c1-21-14(5-2-6-14)8-15-13(20)16-9-3-4-10(12(18)19)11(17)7-9/h3-4,7,17H,2,5-6,8H2,1H3,(H,18,19)(H2,15,16,20). The molecule has 0 radical (unpaired) electrons. The summed E-state index contributed by atoms with van der Waals surface area (Å²) < 4.78 is 5.39. The van der Waals surface area contributed by atoms with Gasteiger partial charge in [0.05, 0.1) is 5.60 Å². The normalized spacial score (nSPS) is 15.9. The number of methoxy groups -OCH3 is 1. The van der Waals surface area contributed by atoms with Crippen molar-refractivity contribution in [1.82, 2.24) is 5.32 Å². The number of hydrogen-bond donors (Lipinski definition) is 4. The van der Waals surface area contributed by atoms with Gasteiger partial charge in [0.2, 0.25) is 0 Å². The van der Waals surface area contributed by atoms with Crippen molar-refractivity contribution in [3.8, 4) is 5.75 Å². The Balaban J connectivity index is 1.91. The molecule has 0 aliphatic heterocycles. The lowest BCUT2D eigenvalue weighted by molar-refractivity contribution is -0.0671. The number of anilines is 1. The molecule has 0 spiro atoms. The first-order valence-electron chi connectivity index (χ1n) is 6.62. The van der Waals surface area contributed by atoms with Gasteiger partial charge in [-0.2, -0.15) is 0 Å². The van der Waals surface area contributed by atoms with Crippen LogP contribution in [0, 0.1) is 0 Å². The maximum Gasteiger partial charge on any atom is 0.339 e. The molecule has 0 atom stereocenters. The Hall–Kier alpha value is -2.28. The van der Waals surface area contributed by atoms with Gasteiger partial charge >= 0.3 is 12.0 Å². The minimum absolute atomic E-state index is 0.214. The Labute approximate surface area is 121 Å². The monoisotopic (exact) mass is 294 g/mol. The third-order valence-corrected chi connectivity index (χ3v) is 3.75. The van der Waals surface area contributed by atoms with E-state index in [4.69, 9.17) is 9.84 Å². The molecule has 0 bridgehead atoms. The minimum atomic E-state index is -1.23. The average Bonchev–Trinajstić information content (AvgIpc) is 2.37. The second kappa shape index (κ2) is 6.01. The predicted molar refractivity (Wildman–Crippen MR) is 75.7 cm³/mol. The fraction of sp³-hybridized carbons (Fsp3) is 0.429. The molecule has 1 aliphatic carbocycles. The number of carboxylic acids is 1. The number of aromatic carboxylic acids is 1. The SMILES string of the molecule is COC1(CNC(=O)Nc2ccc(C(=O)O)c(O)c2)CCC1. The molecular formula is C14H18N2O5. The third kappa shape index (κ3) is 3.43. The van der Waals surface area contributed by atoms with Gasteiger partial charge in [0.25, 0.3) is 0 Å². The first-order chi connectivity index (χ1) is 9.96. The lowest BCUT2D eigenvalue weighted by Gasteiger charge is -2.40. The van der Waals surface area contributed by atoms with E-state index in [0.717, 1.165) is 19.3 Å². The van der Waals surface area contributed by atoms with Crippen LogP contribution < -0.4 is 10.6 Å². The van der Waals surface area contributed by atoms with E-state index in [9.17, 15) is 14.7 Å². The molecule has 0 aromatic heterocycles. The van der Waals surface area contributed by atoms with Crippen LogP contribution in [0.25, 0.3) is 0 Å². The molecule has 2 rings (SSSR count). The van der Waals surface area contributed by atoms with Gasteiger partial charge < -0.3 is 25.6 Å². The maximum absolute atomic E-state index is 11.8. The van der Waals surface area contributed by atoms with Gasteiger partial charge in [-0.25, -0.2) is 9.59 Å². The molecule has 0 heterocycles. The molecule has 1 aromatic carbocycles. The van der Waals surface area contributed by atoms with E-state index in [0.29, 0.717) is 12.2 Å². The summed E-state index contributed by atoms with van der Waals surface area (Å²) in [5.74, 6) is -1.62. The number of urea groups is 1. The van der Waals surface area contributed by atoms with Crippen molar-refractivity contribution >= 4 is 17.7 Å². The molecule has 114 valence electrons. The first-order valence-corrected chi connectivity index (χ1v) is 6.62. The molecule has 1 saturated carbocycles. The quantitative estimate of drug-likeness (QED) is 0.662. The topological polar surface area (TPSA) is 108 Å². The Bertz CT molecular complexity index is 549. The number of nitrogens with one attached hydrogen (secondary N) is 2. The van der Waals surface area contributed by atoms with E-state index in [-0.39, 0.29) is 11.2 Å². The number of carboxylic acid groups (broad SMARTS) is 1. The van der Waals surface area contributed by atoms with E-state index in [1.54, 1.807) is 7.11 Å². The zero-order chi connectivity index (χ0) is 15.5. The molecule has 1 fully saturated rings. The van der Waals surface area contributed by atoms with Crippen LogP contribution in [0.2, 0.25) is 0 Å². The summed E-state index contributed by atoms with van der Waals surface area (Å²) in [4.78, 5) is 22.5. The van der Waals surface area contributed by atoms with Crippen molar-refractivity contribution < 1.29 is 24.5 Å². The van der Waals surface area contributed by atoms with Crippen molar-refractivity contribution in [2.24, 2.45) is 0 Å². The number of carbonyl (C=O) groups excluding carboxylic acids is 1. The molecule has 7 heteroatoms. The van der Waals surface area contributed by atoms with Crippen LogP contribution >= 0.6 is 0 Å². The van der Waals surface area contributed by atoms with Gasteiger partial charge in [-0.15, -0.1) is 0 Å². The maximum atomic E-state index is 11.8. The molecule has 1 aliphatic rings. The highest BCUT2D eigenvalue weighted by molar-refractivity contribution is 5.93. The number of rotatable bonds is 5. The summed E-state index contributed by atoms with van der Waals surface area (Å²) in [6, 6.07) is 3.41. The summed E-state index contributed by atoms with van der Waals surface area (Å²) in [5.41, 5.74) is -0.170. The van der Waals surface area contributed by atoms with Gasteiger partial charge in [-0.05, 0) is 31.4 Å². The van der Waals surface area contributed by atoms with Gasteiger partial charge in [-0.3, -0.25) is 0 Å². The van der Waals surface area contributed by atoms with Crippen LogP contribution in [0.1, 0.15) is 29.6 Å². The van der Waals surface area contributed by atoms with E-state index >= 15 is 0 Å². The minimum Gasteiger partial charge on any atom is -0.507 e. The number of carbonyl (C=O) groups is 2. The van der Waals surface area contributed by atoms with Crippen LogP contribution in [0.5, 0.6) is 5.75 Å².